The highest BCUT2D eigenvalue weighted by molar-refractivity contribution is 5.88. The van der Waals surface area contributed by atoms with Gasteiger partial charge >= 0.3 is 0 Å². The fraction of sp³-hybridized carbons (Fsp3) is 0.333. The van der Waals surface area contributed by atoms with E-state index in [1.165, 1.54) is 0 Å². The lowest BCUT2D eigenvalue weighted by Gasteiger charge is -2.31. The Bertz CT molecular complexity index is 1100. The molecule has 3 aromatic rings. The Morgan fingerprint density at radius 1 is 0.886 bits per heavy atom. The van der Waals surface area contributed by atoms with Gasteiger partial charge in [0.05, 0.1) is 0 Å². The third-order valence-corrected chi connectivity index (χ3v) is 5.83. The van der Waals surface area contributed by atoms with E-state index >= 15 is 0 Å². The van der Waals surface area contributed by atoms with Crippen molar-refractivity contribution in [1.82, 2.24) is 10.2 Å². The predicted molar refractivity (Wildman–Crippen MR) is 140 cm³/mol. The van der Waals surface area contributed by atoms with Crippen LogP contribution in [0.25, 0.3) is 0 Å². The minimum atomic E-state index is -0.661. The summed E-state index contributed by atoms with van der Waals surface area (Å²) in [5.74, 6) is 0.600. The van der Waals surface area contributed by atoms with Gasteiger partial charge in [-0.25, -0.2) is 0 Å². The number of hydrogen-bond donors (Lipinski definition) is 1. The summed E-state index contributed by atoms with van der Waals surface area (Å²) in [7, 11) is 0. The molecule has 0 saturated heterocycles. The normalized spacial score (nSPS) is 11.7. The Hall–Kier alpha value is -3.60. The molecule has 1 atom stereocenters. The van der Waals surface area contributed by atoms with Crippen LogP contribution < -0.4 is 10.1 Å². The molecule has 0 heterocycles. The van der Waals surface area contributed by atoms with Gasteiger partial charge in [0.15, 0.2) is 6.61 Å². The molecule has 1 N–H and O–H groups in total. The second-order valence-corrected chi connectivity index (χ2v) is 9.41. The maximum absolute atomic E-state index is 13.6. The van der Waals surface area contributed by atoms with Crippen molar-refractivity contribution in [3.05, 3.63) is 101 Å². The van der Waals surface area contributed by atoms with Crippen LogP contribution in [-0.4, -0.2) is 35.9 Å². The Labute approximate surface area is 209 Å². The molecule has 0 spiro atoms. The number of nitrogens with one attached hydrogen (secondary N) is 1. The molecule has 0 aromatic heterocycles. The van der Waals surface area contributed by atoms with Gasteiger partial charge in [0.2, 0.25) is 5.91 Å². The Kier molecular flexibility index (Phi) is 9.47. The van der Waals surface area contributed by atoms with Crippen LogP contribution in [0.2, 0.25) is 0 Å². The van der Waals surface area contributed by atoms with E-state index in [4.69, 9.17) is 4.74 Å². The first-order chi connectivity index (χ1) is 16.8. The summed E-state index contributed by atoms with van der Waals surface area (Å²) in [6, 6.07) is 24.8. The van der Waals surface area contributed by atoms with Gasteiger partial charge in [-0.15, -0.1) is 0 Å². The second-order valence-electron chi connectivity index (χ2n) is 9.41. The van der Waals surface area contributed by atoms with Gasteiger partial charge < -0.3 is 15.0 Å². The summed E-state index contributed by atoms with van der Waals surface area (Å²) < 4.78 is 5.93. The molecule has 2 amide bonds. The zero-order chi connectivity index (χ0) is 25.2. The van der Waals surface area contributed by atoms with Crippen molar-refractivity contribution in [2.45, 2.75) is 46.7 Å². The third kappa shape index (κ3) is 7.99. The first-order valence-corrected chi connectivity index (χ1v) is 12.2. The highest BCUT2D eigenvalue weighted by atomic mass is 16.5. The minimum absolute atomic E-state index is 0.139. The molecule has 0 radical (unpaired) electrons. The monoisotopic (exact) mass is 472 g/mol. The van der Waals surface area contributed by atoms with Crippen molar-refractivity contribution in [2.24, 2.45) is 5.92 Å². The van der Waals surface area contributed by atoms with Crippen LogP contribution in [0.3, 0.4) is 0 Å². The van der Waals surface area contributed by atoms with Crippen molar-refractivity contribution >= 4 is 11.8 Å². The fourth-order valence-corrected chi connectivity index (χ4v) is 3.94. The third-order valence-electron chi connectivity index (χ3n) is 5.83. The number of carbonyl (C=O) groups is 2. The molecular formula is C30H36N2O3. The molecule has 3 rings (SSSR count). The summed E-state index contributed by atoms with van der Waals surface area (Å²) in [6.45, 7) is 8.83. The zero-order valence-corrected chi connectivity index (χ0v) is 21.2. The summed E-state index contributed by atoms with van der Waals surface area (Å²) in [5.41, 5.74) is 4.07. The van der Waals surface area contributed by atoms with E-state index in [2.05, 4.69) is 19.2 Å². The smallest absolute Gasteiger partial charge is 0.261 e. The van der Waals surface area contributed by atoms with Crippen LogP contribution in [0.5, 0.6) is 5.75 Å². The summed E-state index contributed by atoms with van der Waals surface area (Å²) in [5, 5.41) is 3.04. The average molecular weight is 473 g/mol. The SMILES string of the molecule is Cc1ccc(OCC(=O)N(Cc2ccccc2)[C@H](Cc2ccccc2)C(=O)NCC(C)C)c(C)c1. The lowest BCUT2D eigenvalue weighted by atomic mass is 10.0. The van der Waals surface area contributed by atoms with E-state index in [9.17, 15) is 9.59 Å². The molecule has 3 aromatic carbocycles. The summed E-state index contributed by atoms with van der Waals surface area (Å²) >= 11 is 0. The number of amides is 2. The number of nitrogens with zero attached hydrogens (tertiary/aromatic N) is 1. The van der Waals surface area contributed by atoms with E-state index in [-0.39, 0.29) is 18.4 Å². The quantitative estimate of drug-likeness (QED) is 0.423. The van der Waals surface area contributed by atoms with Gasteiger partial charge in [-0.3, -0.25) is 9.59 Å². The van der Waals surface area contributed by atoms with Gasteiger partial charge in [0, 0.05) is 19.5 Å². The summed E-state index contributed by atoms with van der Waals surface area (Å²) in [4.78, 5) is 28.7. The maximum Gasteiger partial charge on any atom is 0.261 e. The van der Waals surface area contributed by atoms with Crippen molar-refractivity contribution in [3.63, 3.8) is 0 Å². The van der Waals surface area contributed by atoms with Crippen molar-refractivity contribution in [2.75, 3.05) is 13.2 Å². The predicted octanol–water partition coefficient (Wildman–Crippen LogP) is 5.09. The largest absolute Gasteiger partial charge is 0.483 e. The van der Waals surface area contributed by atoms with Crippen molar-refractivity contribution < 1.29 is 14.3 Å². The molecule has 0 unspecified atom stereocenters. The molecule has 0 aliphatic heterocycles. The van der Waals surface area contributed by atoms with E-state index in [0.717, 1.165) is 22.3 Å². The first kappa shape index (κ1) is 26.0. The van der Waals surface area contributed by atoms with Crippen LogP contribution in [0.1, 0.15) is 36.1 Å². The molecule has 35 heavy (non-hydrogen) atoms. The molecule has 0 saturated carbocycles. The summed E-state index contributed by atoms with van der Waals surface area (Å²) in [6.07, 6.45) is 0.424. The van der Waals surface area contributed by atoms with E-state index in [0.29, 0.717) is 31.2 Å². The maximum atomic E-state index is 13.6. The Balaban J connectivity index is 1.88. The lowest BCUT2D eigenvalue weighted by molar-refractivity contribution is -0.142. The van der Waals surface area contributed by atoms with Crippen molar-refractivity contribution in [3.8, 4) is 5.75 Å². The lowest BCUT2D eigenvalue weighted by Crippen LogP contribution is -2.52. The van der Waals surface area contributed by atoms with Crippen LogP contribution in [0, 0.1) is 19.8 Å². The fourth-order valence-electron chi connectivity index (χ4n) is 3.94. The van der Waals surface area contributed by atoms with E-state index < -0.39 is 6.04 Å². The molecule has 5 nitrogen and oxygen atoms in total. The van der Waals surface area contributed by atoms with E-state index in [1.807, 2.05) is 92.7 Å². The first-order valence-electron chi connectivity index (χ1n) is 12.2. The second kappa shape index (κ2) is 12.7. The van der Waals surface area contributed by atoms with E-state index in [1.54, 1.807) is 4.90 Å². The molecule has 0 bridgehead atoms. The molecule has 0 aliphatic carbocycles. The molecule has 5 heteroatoms. The number of benzene rings is 3. The Morgan fingerprint density at radius 3 is 2.11 bits per heavy atom. The molecule has 0 fully saturated rings. The number of hydrogen-bond acceptors (Lipinski definition) is 3. The van der Waals surface area contributed by atoms with Gasteiger partial charge in [0.1, 0.15) is 11.8 Å². The van der Waals surface area contributed by atoms with Gasteiger partial charge in [-0.05, 0) is 42.5 Å². The average Bonchev–Trinajstić information content (AvgIpc) is 2.85. The highest BCUT2D eigenvalue weighted by Crippen LogP contribution is 2.20. The van der Waals surface area contributed by atoms with Crippen LogP contribution in [0.15, 0.2) is 78.9 Å². The van der Waals surface area contributed by atoms with Crippen molar-refractivity contribution in [1.29, 1.82) is 0 Å². The zero-order valence-electron chi connectivity index (χ0n) is 21.2. The topological polar surface area (TPSA) is 58.6 Å². The van der Waals surface area contributed by atoms with Gasteiger partial charge in [-0.1, -0.05) is 92.2 Å². The van der Waals surface area contributed by atoms with Crippen LogP contribution in [-0.2, 0) is 22.6 Å². The van der Waals surface area contributed by atoms with Gasteiger partial charge in [-0.2, -0.15) is 0 Å². The molecular weight excluding hydrogens is 436 g/mol. The highest BCUT2D eigenvalue weighted by Gasteiger charge is 2.30. The van der Waals surface area contributed by atoms with Crippen LogP contribution >= 0.6 is 0 Å². The van der Waals surface area contributed by atoms with Gasteiger partial charge in [0.25, 0.3) is 5.91 Å². The minimum Gasteiger partial charge on any atom is -0.483 e. The Morgan fingerprint density at radius 2 is 1.51 bits per heavy atom. The number of aryl methyl sites for hydroxylation is 2. The number of rotatable bonds is 11. The standard InChI is InChI=1S/C30H36N2O3/c1-22(2)19-31-30(34)27(18-25-11-7-5-8-12-25)32(20-26-13-9-6-10-14-26)29(33)21-35-28-16-15-23(3)17-24(28)4/h5-17,22,27H,18-21H2,1-4H3,(H,31,34)/t27-/m1/s1. The molecule has 184 valence electrons. The number of carbonyl (C=O) groups excluding carboxylic acids is 2. The van der Waals surface area contributed by atoms with Crippen LogP contribution in [0.4, 0.5) is 0 Å². The number of ether oxygens (including phenoxy) is 1. The molecule has 0 aliphatic rings.